The van der Waals surface area contributed by atoms with Gasteiger partial charge in [-0.2, -0.15) is 0 Å². The Bertz CT molecular complexity index is 670. The molecular weight excluding hydrogens is 439 g/mol. The largest absolute Gasteiger partial charge is 0.370 e. The van der Waals surface area contributed by atoms with E-state index < -0.39 is 10.0 Å². The first-order chi connectivity index (χ1) is 11.0. The lowest BCUT2D eigenvalue weighted by molar-refractivity contribution is 0.599. The number of guanidine groups is 1. The fraction of sp³-hybridized carbons (Fsp3) is 0.562. The van der Waals surface area contributed by atoms with Gasteiger partial charge in [-0.25, -0.2) is 13.4 Å². The van der Waals surface area contributed by atoms with E-state index >= 15 is 0 Å². The quantitative estimate of drug-likeness (QED) is 0.406. The summed E-state index contributed by atoms with van der Waals surface area (Å²) in [6.07, 6.45) is 5.53. The molecular formula is C16H25IN4O2S. The third-order valence-electron chi connectivity index (χ3n) is 4.46. The van der Waals surface area contributed by atoms with Crippen LogP contribution in [0.4, 0.5) is 5.69 Å². The number of nitrogens with one attached hydrogen (secondary N) is 1. The average Bonchev–Trinajstić information content (AvgIpc) is 3.15. The molecule has 2 fully saturated rings. The molecule has 3 rings (SSSR count). The Kier molecular flexibility index (Phi) is 6.73. The van der Waals surface area contributed by atoms with Gasteiger partial charge in [0.05, 0.1) is 18.0 Å². The van der Waals surface area contributed by atoms with E-state index in [4.69, 9.17) is 5.73 Å². The van der Waals surface area contributed by atoms with Crippen LogP contribution in [0.1, 0.15) is 37.7 Å². The molecule has 1 saturated carbocycles. The van der Waals surface area contributed by atoms with Gasteiger partial charge in [-0.05, 0) is 37.0 Å². The van der Waals surface area contributed by atoms with Crippen LogP contribution in [-0.2, 0) is 16.6 Å². The van der Waals surface area contributed by atoms with Crippen LogP contribution in [0.25, 0.3) is 0 Å². The molecule has 0 amide bonds. The number of nitrogens with zero attached hydrogens (tertiary/aromatic N) is 2. The van der Waals surface area contributed by atoms with Crippen LogP contribution in [0.15, 0.2) is 29.3 Å². The molecule has 134 valence electrons. The van der Waals surface area contributed by atoms with Gasteiger partial charge < -0.3 is 11.1 Å². The maximum absolute atomic E-state index is 11.9. The fourth-order valence-corrected chi connectivity index (χ4v) is 4.76. The first kappa shape index (κ1) is 19.3. The lowest BCUT2D eigenvalue weighted by Gasteiger charge is -2.17. The molecule has 2 aliphatic rings. The van der Waals surface area contributed by atoms with E-state index in [-0.39, 0.29) is 29.7 Å². The molecule has 0 atom stereocenters. The number of halogens is 1. The van der Waals surface area contributed by atoms with Crippen molar-refractivity contribution in [3.8, 4) is 0 Å². The van der Waals surface area contributed by atoms with E-state index in [1.807, 2.05) is 24.3 Å². The number of nitrogens with two attached hydrogens (primary N) is 1. The summed E-state index contributed by atoms with van der Waals surface area (Å²) in [7, 11) is -3.12. The molecule has 8 heteroatoms. The van der Waals surface area contributed by atoms with Crippen LogP contribution in [0, 0.1) is 0 Å². The lowest BCUT2D eigenvalue weighted by atomic mass is 10.2. The third kappa shape index (κ3) is 4.75. The summed E-state index contributed by atoms with van der Waals surface area (Å²) < 4.78 is 25.3. The van der Waals surface area contributed by atoms with Crippen molar-refractivity contribution in [3.05, 3.63) is 29.8 Å². The molecule has 0 bridgehead atoms. The van der Waals surface area contributed by atoms with Crippen LogP contribution >= 0.6 is 24.0 Å². The van der Waals surface area contributed by atoms with Crippen LogP contribution in [0.3, 0.4) is 0 Å². The van der Waals surface area contributed by atoms with Crippen molar-refractivity contribution in [2.24, 2.45) is 10.7 Å². The van der Waals surface area contributed by atoms with Crippen LogP contribution < -0.4 is 15.4 Å². The number of hydrogen-bond donors (Lipinski definition) is 2. The Balaban J connectivity index is 0.00000208. The topological polar surface area (TPSA) is 87.8 Å². The summed E-state index contributed by atoms with van der Waals surface area (Å²) >= 11 is 0. The number of rotatable bonds is 4. The summed E-state index contributed by atoms with van der Waals surface area (Å²) in [5, 5.41) is 3.26. The lowest BCUT2D eigenvalue weighted by Crippen LogP contribution is -2.38. The maximum atomic E-state index is 11.9. The highest BCUT2D eigenvalue weighted by Crippen LogP contribution is 2.24. The molecule has 1 aliphatic carbocycles. The predicted molar refractivity (Wildman–Crippen MR) is 108 cm³/mol. The molecule has 6 nitrogen and oxygen atoms in total. The molecule has 1 aliphatic heterocycles. The second-order valence-electron chi connectivity index (χ2n) is 6.24. The molecule has 24 heavy (non-hydrogen) atoms. The highest BCUT2D eigenvalue weighted by atomic mass is 127. The molecule has 0 radical (unpaired) electrons. The van der Waals surface area contributed by atoms with E-state index in [2.05, 4.69) is 10.3 Å². The number of aliphatic imine (C=N–C) groups is 1. The standard InChI is InChI=1S/C16H24N4O2S.HI/c17-16(19-14-4-1-2-5-14)18-12-13-6-8-15(9-7-13)20-10-3-11-23(20,21)22;/h6-9,14H,1-5,10-12H2,(H3,17,18,19);1H. The zero-order valence-electron chi connectivity index (χ0n) is 13.6. The van der Waals surface area contributed by atoms with E-state index in [9.17, 15) is 8.42 Å². The molecule has 1 saturated heterocycles. The van der Waals surface area contributed by atoms with Gasteiger partial charge in [-0.3, -0.25) is 4.31 Å². The zero-order chi connectivity index (χ0) is 16.3. The summed E-state index contributed by atoms with van der Waals surface area (Å²) in [6.45, 7) is 1.07. The van der Waals surface area contributed by atoms with Crippen LogP contribution in [0.2, 0.25) is 0 Å². The van der Waals surface area contributed by atoms with Crippen molar-refractivity contribution in [2.75, 3.05) is 16.6 Å². The van der Waals surface area contributed by atoms with E-state index in [1.165, 1.54) is 17.1 Å². The van der Waals surface area contributed by atoms with Gasteiger partial charge in [0.2, 0.25) is 10.0 Å². The van der Waals surface area contributed by atoms with E-state index in [1.54, 1.807) is 0 Å². The summed E-state index contributed by atoms with van der Waals surface area (Å²) in [5.41, 5.74) is 7.66. The van der Waals surface area contributed by atoms with E-state index in [0.29, 0.717) is 31.5 Å². The second-order valence-corrected chi connectivity index (χ2v) is 8.25. The van der Waals surface area contributed by atoms with Crippen LogP contribution in [0.5, 0.6) is 0 Å². The molecule has 0 spiro atoms. The average molecular weight is 464 g/mol. The van der Waals surface area contributed by atoms with Crippen molar-refractivity contribution in [3.63, 3.8) is 0 Å². The fourth-order valence-electron chi connectivity index (χ4n) is 3.20. The highest BCUT2D eigenvalue weighted by Gasteiger charge is 2.28. The zero-order valence-corrected chi connectivity index (χ0v) is 16.8. The van der Waals surface area contributed by atoms with Gasteiger partial charge in [0, 0.05) is 12.6 Å². The summed E-state index contributed by atoms with van der Waals surface area (Å²) in [6, 6.07) is 7.97. The minimum absolute atomic E-state index is 0. The number of anilines is 1. The molecule has 0 unspecified atom stereocenters. The van der Waals surface area contributed by atoms with Crippen molar-refractivity contribution in [1.29, 1.82) is 0 Å². The Morgan fingerprint density at radius 3 is 2.46 bits per heavy atom. The predicted octanol–water partition coefficient (Wildman–Crippen LogP) is 2.19. The maximum Gasteiger partial charge on any atom is 0.235 e. The normalized spacial score (nSPS) is 20.8. The van der Waals surface area contributed by atoms with Crippen molar-refractivity contribution in [2.45, 2.75) is 44.7 Å². The Morgan fingerprint density at radius 2 is 1.88 bits per heavy atom. The Morgan fingerprint density at radius 1 is 1.21 bits per heavy atom. The minimum atomic E-state index is -3.12. The molecule has 1 aromatic carbocycles. The summed E-state index contributed by atoms with van der Waals surface area (Å²) in [4.78, 5) is 4.37. The number of sulfonamides is 1. The Hall–Kier alpha value is -1.03. The van der Waals surface area contributed by atoms with Crippen molar-refractivity contribution < 1.29 is 8.42 Å². The number of benzene rings is 1. The molecule has 3 N–H and O–H groups in total. The van der Waals surface area contributed by atoms with Gasteiger partial charge in [-0.15, -0.1) is 24.0 Å². The van der Waals surface area contributed by atoms with Gasteiger partial charge in [0.25, 0.3) is 0 Å². The number of hydrogen-bond acceptors (Lipinski definition) is 3. The van der Waals surface area contributed by atoms with Crippen LogP contribution in [-0.4, -0.2) is 32.7 Å². The smallest absolute Gasteiger partial charge is 0.235 e. The van der Waals surface area contributed by atoms with Crippen molar-refractivity contribution in [1.82, 2.24) is 5.32 Å². The second kappa shape index (κ2) is 8.37. The SMILES string of the molecule is I.NC(=NCc1ccc(N2CCCS2(=O)=O)cc1)NC1CCCC1. The highest BCUT2D eigenvalue weighted by molar-refractivity contribution is 14.0. The summed E-state index contributed by atoms with van der Waals surface area (Å²) in [5.74, 6) is 0.727. The van der Waals surface area contributed by atoms with E-state index in [0.717, 1.165) is 24.1 Å². The third-order valence-corrected chi connectivity index (χ3v) is 6.33. The van der Waals surface area contributed by atoms with Gasteiger partial charge in [-0.1, -0.05) is 25.0 Å². The molecule has 1 aromatic rings. The minimum Gasteiger partial charge on any atom is -0.370 e. The first-order valence-electron chi connectivity index (χ1n) is 8.20. The van der Waals surface area contributed by atoms with Gasteiger partial charge in [0.15, 0.2) is 5.96 Å². The van der Waals surface area contributed by atoms with Gasteiger partial charge >= 0.3 is 0 Å². The molecule has 1 heterocycles. The Labute approximate surface area is 161 Å². The molecule has 0 aromatic heterocycles. The van der Waals surface area contributed by atoms with Gasteiger partial charge in [0.1, 0.15) is 0 Å². The van der Waals surface area contributed by atoms with Crippen molar-refractivity contribution >= 4 is 45.6 Å². The monoisotopic (exact) mass is 464 g/mol. The first-order valence-corrected chi connectivity index (χ1v) is 9.81.